The van der Waals surface area contributed by atoms with Crippen LogP contribution in [0.5, 0.6) is 0 Å². The maximum atomic E-state index is 13.7. The number of aryl methyl sites for hydroxylation is 2. The largest absolute Gasteiger partial charge is 0.348 e. The first-order chi connectivity index (χ1) is 17.9. The van der Waals surface area contributed by atoms with Crippen LogP contribution in [0.3, 0.4) is 0 Å². The quantitative estimate of drug-likeness (QED) is 0.544. The highest BCUT2D eigenvalue weighted by atomic mass is 32.1. The first kappa shape index (κ1) is 27.8. The van der Waals surface area contributed by atoms with E-state index >= 15 is 0 Å². The molecule has 1 aromatic heterocycles. The van der Waals surface area contributed by atoms with Crippen LogP contribution in [-0.2, 0) is 14.4 Å². The highest BCUT2D eigenvalue weighted by Crippen LogP contribution is 2.45. The van der Waals surface area contributed by atoms with Crippen LogP contribution in [0.2, 0.25) is 0 Å². The van der Waals surface area contributed by atoms with Crippen LogP contribution in [-0.4, -0.2) is 46.2 Å². The smallest absolute Gasteiger partial charge is 0.246 e. The number of nitrogens with one attached hydrogen (secondary N) is 2. The summed E-state index contributed by atoms with van der Waals surface area (Å²) in [6.07, 6.45) is 2.31. The average Bonchev–Trinajstić information content (AvgIpc) is 3.28. The van der Waals surface area contributed by atoms with E-state index in [9.17, 15) is 19.6 Å². The molecule has 1 saturated carbocycles. The van der Waals surface area contributed by atoms with Gasteiger partial charge in [-0.1, -0.05) is 39.0 Å². The summed E-state index contributed by atoms with van der Waals surface area (Å²) in [5, 5.41) is 15.4. The topological polar surface area (TPSA) is 115 Å². The Morgan fingerprint density at radius 1 is 1.21 bits per heavy atom. The van der Waals surface area contributed by atoms with Gasteiger partial charge in [-0.3, -0.25) is 14.4 Å². The van der Waals surface area contributed by atoms with Gasteiger partial charge in [0.1, 0.15) is 17.5 Å². The van der Waals surface area contributed by atoms with Crippen LogP contribution < -0.4 is 10.6 Å². The maximum Gasteiger partial charge on any atom is 0.246 e. The van der Waals surface area contributed by atoms with Crippen molar-refractivity contribution in [1.29, 1.82) is 5.26 Å². The van der Waals surface area contributed by atoms with Crippen molar-refractivity contribution >= 4 is 29.1 Å². The van der Waals surface area contributed by atoms with Crippen LogP contribution in [0.15, 0.2) is 23.7 Å². The van der Waals surface area contributed by atoms with Crippen LogP contribution in [0.4, 0.5) is 0 Å². The fourth-order valence-corrected chi connectivity index (χ4v) is 5.97. The first-order valence-corrected chi connectivity index (χ1v) is 14.1. The minimum Gasteiger partial charge on any atom is -0.348 e. The Balaban J connectivity index is 1.46. The Labute approximate surface area is 228 Å². The molecule has 8 nitrogen and oxygen atoms in total. The summed E-state index contributed by atoms with van der Waals surface area (Å²) >= 11 is 1.61. The Bertz CT molecular complexity index is 1280. The summed E-state index contributed by atoms with van der Waals surface area (Å²) in [7, 11) is 0. The molecule has 202 valence electrons. The van der Waals surface area contributed by atoms with E-state index in [1.165, 1.54) is 0 Å². The van der Waals surface area contributed by atoms with Gasteiger partial charge >= 0.3 is 0 Å². The summed E-state index contributed by atoms with van der Waals surface area (Å²) in [4.78, 5) is 47.0. The second-order valence-corrected chi connectivity index (χ2v) is 12.6. The van der Waals surface area contributed by atoms with Gasteiger partial charge < -0.3 is 15.5 Å². The van der Waals surface area contributed by atoms with Crippen molar-refractivity contribution in [1.82, 2.24) is 20.5 Å². The lowest BCUT2D eigenvalue weighted by Crippen LogP contribution is -2.58. The van der Waals surface area contributed by atoms with E-state index in [0.29, 0.717) is 32.2 Å². The number of nitriles is 1. The van der Waals surface area contributed by atoms with Gasteiger partial charge in [0.15, 0.2) is 0 Å². The van der Waals surface area contributed by atoms with Crippen molar-refractivity contribution in [2.24, 2.45) is 10.8 Å². The second-order valence-electron chi connectivity index (χ2n) is 11.7. The molecule has 3 atom stereocenters. The molecular formula is C29H37N5O3S. The molecule has 2 N–H and O–H groups in total. The third kappa shape index (κ3) is 5.46. The molecule has 0 radical (unpaired) electrons. The predicted octanol–water partition coefficient (Wildman–Crippen LogP) is 4.43. The Morgan fingerprint density at radius 2 is 1.92 bits per heavy atom. The fourth-order valence-electron chi connectivity index (χ4n) is 5.17. The number of hydrogen-bond acceptors (Lipinski definition) is 6. The SMILES string of the molecule is Cc1cc(-c2scnc2C)ccc1C(C)NC(=O)C1CCCN1C(=O)C(NC(=O)C1(C#N)CC1)C(C)(C)C. The fraction of sp³-hybridized carbons (Fsp3) is 0.552. The normalized spacial score (nSPS) is 19.8. The van der Waals surface area contributed by atoms with Crippen molar-refractivity contribution < 1.29 is 14.4 Å². The molecule has 3 amide bonds. The molecule has 0 bridgehead atoms. The molecule has 2 aromatic rings. The zero-order valence-corrected chi connectivity index (χ0v) is 23.9. The molecular weight excluding hydrogens is 498 g/mol. The number of amides is 3. The molecule has 2 aliphatic rings. The maximum absolute atomic E-state index is 13.7. The summed E-state index contributed by atoms with van der Waals surface area (Å²) in [6.45, 7) is 12.1. The minimum atomic E-state index is -1.02. The van der Waals surface area contributed by atoms with Crippen LogP contribution in [0.1, 0.15) is 76.2 Å². The number of rotatable bonds is 7. The lowest BCUT2D eigenvalue weighted by atomic mass is 9.85. The van der Waals surface area contributed by atoms with Crippen molar-refractivity contribution in [2.45, 2.75) is 85.4 Å². The highest BCUT2D eigenvalue weighted by Gasteiger charge is 2.53. The molecule has 0 spiro atoms. The zero-order chi connectivity index (χ0) is 27.8. The average molecular weight is 536 g/mol. The lowest BCUT2D eigenvalue weighted by Gasteiger charge is -2.36. The second kappa shape index (κ2) is 10.5. The monoisotopic (exact) mass is 535 g/mol. The molecule has 3 unspecified atom stereocenters. The van der Waals surface area contributed by atoms with Crippen molar-refractivity contribution in [3.8, 4) is 16.5 Å². The molecule has 9 heteroatoms. The van der Waals surface area contributed by atoms with Gasteiger partial charge in [-0.25, -0.2) is 4.98 Å². The Morgan fingerprint density at radius 3 is 2.47 bits per heavy atom. The molecule has 2 heterocycles. The van der Waals surface area contributed by atoms with Crippen LogP contribution in [0, 0.1) is 36.0 Å². The Hall–Kier alpha value is -3.25. The number of thiazole rings is 1. The summed E-state index contributed by atoms with van der Waals surface area (Å²) in [5.74, 6) is -0.861. The number of aromatic nitrogens is 1. The van der Waals surface area contributed by atoms with Crippen molar-refractivity contribution in [3.63, 3.8) is 0 Å². The van der Waals surface area contributed by atoms with E-state index in [-0.39, 0.29) is 17.9 Å². The Kier molecular flexibility index (Phi) is 7.67. The molecule has 1 aliphatic carbocycles. The van der Waals surface area contributed by atoms with Gasteiger partial charge in [0.2, 0.25) is 17.7 Å². The van der Waals surface area contributed by atoms with E-state index in [1.807, 2.05) is 53.1 Å². The van der Waals surface area contributed by atoms with Crippen LogP contribution in [0.25, 0.3) is 10.4 Å². The van der Waals surface area contributed by atoms with Gasteiger partial charge in [-0.2, -0.15) is 5.26 Å². The van der Waals surface area contributed by atoms with Crippen molar-refractivity contribution in [2.75, 3.05) is 6.54 Å². The van der Waals surface area contributed by atoms with E-state index < -0.39 is 28.8 Å². The van der Waals surface area contributed by atoms with Crippen LogP contribution >= 0.6 is 11.3 Å². The van der Waals surface area contributed by atoms with Gasteiger partial charge in [-0.05, 0) is 68.6 Å². The van der Waals surface area contributed by atoms with Gasteiger partial charge in [0.05, 0.1) is 28.2 Å². The molecule has 2 fully saturated rings. The highest BCUT2D eigenvalue weighted by molar-refractivity contribution is 7.13. The van der Waals surface area contributed by atoms with Gasteiger partial charge in [0, 0.05) is 6.54 Å². The molecule has 38 heavy (non-hydrogen) atoms. The summed E-state index contributed by atoms with van der Waals surface area (Å²) < 4.78 is 0. The number of benzene rings is 1. The summed E-state index contributed by atoms with van der Waals surface area (Å²) in [6, 6.07) is 6.66. The molecule has 1 saturated heterocycles. The number of carbonyl (C=O) groups is 3. The number of likely N-dealkylation sites (tertiary alicyclic amines) is 1. The van der Waals surface area contributed by atoms with E-state index in [1.54, 1.807) is 16.2 Å². The lowest BCUT2D eigenvalue weighted by molar-refractivity contribution is -0.144. The summed E-state index contributed by atoms with van der Waals surface area (Å²) in [5.41, 5.74) is 4.44. The van der Waals surface area contributed by atoms with Gasteiger partial charge in [0.25, 0.3) is 0 Å². The first-order valence-electron chi connectivity index (χ1n) is 13.2. The third-order valence-corrected chi connectivity index (χ3v) is 8.71. The molecule has 1 aromatic carbocycles. The zero-order valence-electron chi connectivity index (χ0n) is 23.1. The molecule has 4 rings (SSSR count). The van der Waals surface area contributed by atoms with Crippen molar-refractivity contribution in [3.05, 3.63) is 40.5 Å². The van der Waals surface area contributed by atoms with Gasteiger partial charge in [-0.15, -0.1) is 11.3 Å². The number of nitrogens with zero attached hydrogens (tertiary/aromatic N) is 3. The third-order valence-electron chi connectivity index (χ3n) is 7.73. The van der Waals surface area contributed by atoms with E-state index in [0.717, 1.165) is 27.3 Å². The minimum absolute atomic E-state index is 0.195. The number of carbonyl (C=O) groups excluding carboxylic acids is 3. The van der Waals surface area contributed by atoms with E-state index in [2.05, 4.69) is 33.8 Å². The predicted molar refractivity (Wildman–Crippen MR) is 147 cm³/mol. The number of hydrogen-bond donors (Lipinski definition) is 2. The molecule has 1 aliphatic heterocycles. The van der Waals surface area contributed by atoms with E-state index in [4.69, 9.17) is 0 Å². The standard InChI is InChI=1S/C29H37N5O3S/c1-17-14-20(23-19(3)31-16-38-23)9-10-21(17)18(2)32-25(35)22-8-7-13-34(22)26(36)24(28(4,5)6)33-27(37)29(15-30)11-12-29/h9-10,14,16,18,22,24H,7-8,11-13H2,1-6H3,(H,32,35)(H,33,37).